The van der Waals surface area contributed by atoms with E-state index in [0.29, 0.717) is 22.8 Å². The quantitative estimate of drug-likeness (QED) is 0.528. The standard InChI is InChI=1S/C14H23ClN2O2S2/c1-11-13(16)9-12(15)10-14(11)21(18,19)17-7-5-3-4-6-8-20-2/h9-10,17H,3-8,16H2,1-2H3. The second kappa shape index (κ2) is 8.88. The molecule has 0 aliphatic rings. The van der Waals surface area contributed by atoms with Crippen LogP contribution in [0.15, 0.2) is 17.0 Å². The average Bonchev–Trinajstić information content (AvgIpc) is 2.41. The van der Waals surface area contributed by atoms with Gasteiger partial charge in [0.1, 0.15) is 0 Å². The number of rotatable bonds is 9. The van der Waals surface area contributed by atoms with Crippen LogP contribution in [-0.2, 0) is 10.0 Å². The Morgan fingerprint density at radius 2 is 1.90 bits per heavy atom. The normalized spacial score (nSPS) is 11.8. The zero-order valence-electron chi connectivity index (χ0n) is 12.5. The lowest BCUT2D eigenvalue weighted by molar-refractivity contribution is 0.573. The van der Waals surface area contributed by atoms with E-state index >= 15 is 0 Å². The Morgan fingerprint density at radius 1 is 1.24 bits per heavy atom. The highest BCUT2D eigenvalue weighted by molar-refractivity contribution is 7.98. The van der Waals surface area contributed by atoms with E-state index in [9.17, 15) is 8.42 Å². The first-order chi connectivity index (χ1) is 9.88. The molecule has 1 aromatic carbocycles. The van der Waals surface area contributed by atoms with Crippen LogP contribution in [0.1, 0.15) is 31.2 Å². The van der Waals surface area contributed by atoms with E-state index in [1.165, 1.54) is 12.5 Å². The summed E-state index contributed by atoms with van der Waals surface area (Å²) in [4.78, 5) is 0.162. The highest BCUT2D eigenvalue weighted by Gasteiger charge is 2.18. The zero-order valence-corrected chi connectivity index (χ0v) is 14.9. The molecule has 0 unspecified atom stereocenters. The molecular formula is C14H23ClN2O2S2. The fourth-order valence-corrected chi connectivity index (χ4v) is 4.12. The van der Waals surface area contributed by atoms with Gasteiger partial charge in [0.25, 0.3) is 0 Å². The summed E-state index contributed by atoms with van der Waals surface area (Å²) in [5.74, 6) is 1.16. The van der Waals surface area contributed by atoms with Gasteiger partial charge in [0.2, 0.25) is 10.0 Å². The maximum absolute atomic E-state index is 12.3. The van der Waals surface area contributed by atoms with E-state index < -0.39 is 10.0 Å². The average molecular weight is 351 g/mol. The van der Waals surface area contributed by atoms with Crippen molar-refractivity contribution >= 4 is 39.1 Å². The lowest BCUT2D eigenvalue weighted by Gasteiger charge is -2.11. The van der Waals surface area contributed by atoms with Crippen LogP contribution in [0, 0.1) is 6.92 Å². The van der Waals surface area contributed by atoms with Gasteiger partial charge in [0.05, 0.1) is 4.90 Å². The number of unbranched alkanes of at least 4 members (excludes halogenated alkanes) is 3. The molecule has 1 aromatic rings. The van der Waals surface area contributed by atoms with Crippen molar-refractivity contribution in [2.75, 3.05) is 24.3 Å². The summed E-state index contributed by atoms with van der Waals surface area (Å²) in [5.41, 5.74) is 6.69. The van der Waals surface area contributed by atoms with Gasteiger partial charge in [-0.2, -0.15) is 11.8 Å². The molecule has 120 valence electrons. The molecule has 21 heavy (non-hydrogen) atoms. The van der Waals surface area contributed by atoms with Gasteiger partial charge in [-0.15, -0.1) is 0 Å². The first-order valence-corrected chi connectivity index (χ1v) is 10.2. The number of benzene rings is 1. The van der Waals surface area contributed by atoms with Crippen LogP contribution in [0.2, 0.25) is 5.02 Å². The van der Waals surface area contributed by atoms with Crippen LogP contribution in [0.3, 0.4) is 0 Å². The van der Waals surface area contributed by atoms with Gasteiger partial charge < -0.3 is 5.73 Å². The van der Waals surface area contributed by atoms with Crippen molar-refractivity contribution in [3.8, 4) is 0 Å². The second-order valence-electron chi connectivity index (χ2n) is 4.92. The molecule has 0 fully saturated rings. The summed E-state index contributed by atoms with van der Waals surface area (Å²) in [6.07, 6.45) is 6.26. The summed E-state index contributed by atoms with van der Waals surface area (Å²) < 4.78 is 27.1. The number of nitrogens with two attached hydrogens (primary N) is 1. The first-order valence-electron chi connectivity index (χ1n) is 6.92. The van der Waals surface area contributed by atoms with E-state index in [-0.39, 0.29) is 4.90 Å². The summed E-state index contributed by atoms with van der Waals surface area (Å²) in [5, 5.41) is 0.329. The predicted octanol–water partition coefficient (Wildman–Crippen LogP) is 3.43. The van der Waals surface area contributed by atoms with Crippen molar-refractivity contribution in [3.63, 3.8) is 0 Å². The molecule has 0 spiro atoms. The highest BCUT2D eigenvalue weighted by atomic mass is 35.5. The third-order valence-corrected chi connectivity index (χ3v) is 5.72. The molecule has 7 heteroatoms. The van der Waals surface area contributed by atoms with Crippen molar-refractivity contribution in [2.24, 2.45) is 0 Å². The van der Waals surface area contributed by atoms with E-state index in [4.69, 9.17) is 17.3 Å². The predicted molar refractivity (Wildman–Crippen MR) is 92.6 cm³/mol. The van der Waals surface area contributed by atoms with Crippen LogP contribution < -0.4 is 10.5 Å². The molecule has 0 radical (unpaired) electrons. The van der Waals surface area contributed by atoms with Gasteiger partial charge in [-0.25, -0.2) is 13.1 Å². The van der Waals surface area contributed by atoms with Crippen molar-refractivity contribution in [1.29, 1.82) is 0 Å². The molecule has 0 heterocycles. The molecule has 0 aromatic heterocycles. The molecule has 3 N–H and O–H groups in total. The second-order valence-corrected chi connectivity index (χ2v) is 8.08. The fraction of sp³-hybridized carbons (Fsp3) is 0.571. The number of nitrogens with one attached hydrogen (secondary N) is 1. The lowest BCUT2D eigenvalue weighted by Crippen LogP contribution is -2.25. The number of halogens is 1. The Labute approximate surface area is 136 Å². The zero-order chi connectivity index (χ0) is 15.9. The Kier molecular flexibility index (Phi) is 7.87. The maximum Gasteiger partial charge on any atom is 0.240 e. The number of hydrogen-bond acceptors (Lipinski definition) is 4. The van der Waals surface area contributed by atoms with Crippen molar-refractivity contribution < 1.29 is 8.42 Å². The summed E-state index contributed by atoms with van der Waals surface area (Å²) >= 11 is 7.72. The number of hydrogen-bond donors (Lipinski definition) is 2. The smallest absolute Gasteiger partial charge is 0.240 e. The molecular weight excluding hydrogens is 328 g/mol. The number of anilines is 1. The van der Waals surface area contributed by atoms with Gasteiger partial charge >= 0.3 is 0 Å². The third kappa shape index (κ3) is 6.06. The number of thioether (sulfide) groups is 1. The minimum absolute atomic E-state index is 0.162. The number of nitrogen functional groups attached to an aromatic ring is 1. The maximum atomic E-state index is 12.3. The Hall–Kier alpha value is -0.430. The molecule has 4 nitrogen and oxygen atoms in total. The molecule has 0 amide bonds. The summed E-state index contributed by atoms with van der Waals surface area (Å²) in [6.45, 7) is 2.12. The Morgan fingerprint density at radius 3 is 2.57 bits per heavy atom. The van der Waals surface area contributed by atoms with Crippen LogP contribution in [0.4, 0.5) is 5.69 Å². The van der Waals surface area contributed by atoms with E-state index in [1.807, 2.05) is 11.8 Å². The van der Waals surface area contributed by atoms with E-state index in [0.717, 1.165) is 25.0 Å². The van der Waals surface area contributed by atoms with Gasteiger partial charge in [0.15, 0.2) is 0 Å². The lowest BCUT2D eigenvalue weighted by atomic mass is 10.2. The Bertz CT molecular complexity index is 562. The summed E-state index contributed by atoms with van der Waals surface area (Å²) in [7, 11) is -3.55. The minimum Gasteiger partial charge on any atom is -0.398 e. The molecule has 1 rings (SSSR count). The largest absolute Gasteiger partial charge is 0.398 e. The van der Waals surface area contributed by atoms with Crippen molar-refractivity contribution in [1.82, 2.24) is 4.72 Å². The van der Waals surface area contributed by atoms with Crippen molar-refractivity contribution in [3.05, 3.63) is 22.7 Å². The molecule has 0 saturated carbocycles. The molecule has 0 aliphatic carbocycles. The summed E-state index contributed by atoms with van der Waals surface area (Å²) in [6, 6.07) is 3.00. The minimum atomic E-state index is -3.55. The van der Waals surface area contributed by atoms with Crippen LogP contribution in [0.5, 0.6) is 0 Å². The van der Waals surface area contributed by atoms with Crippen LogP contribution >= 0.6 is 23.4 Å². The van der Waals surface area contributed by atoms with E-state index in [2.05, 4.69) is 11.0 Å². The van der Waals surface area contributed by atoms with Gasteiger partial charge in [-0.3, -0.25) is 0 Å². The van der Waals surface area contributed by atoms with Gasteiger partial charge in [0, 0.05) is 17.3 Å². The van der Waals surface area contributed by atoms with Crippen LogP contribution in [0.25, 0.3) is 0 Å². The van der Waals surface area contributed by atoms with Gasteiger partial charge in [-0.1, -0.05) is 24.4 Å². The third-order valence-electron chi connectivity index (χ3n) is 3.22. The molecule has 0 saturated heterocycles. The Balaban J connectivity index is 2.55. The van der Waals surface area contributed by atoms with Crippen molar-refractivity contribution in [2.45, 2.75) is 37.5 Å². The highest BCUT2D eigenvalue weighted by Crippen LogP contribution is 2.25. The van der Waals surface area contributed by atoms with Gasteiger partial charge in [-0.05, 0) is 49.5 Å². The molecule has 0 atom stereocenters. The molecule has 0 aliphatic heterocycles. The number of sulfonamides is 1. The SMILES string of the molecule is CSCCCCCCNS(=O)(=O)c1cc(Cl)cc(N)c1C. The topological polar surface area (TPSA) is 72.2 Å². The molecule has 0 bridgehead atoms. The fourth-order valence-electron chi connectivity index (χ4n) is 1.96. The first kappa shape index (κ1) is 18.6. The van der Waals surface area contributed by atoms with Crippen LogP contribution in [-0.4, -0.2) is 27.0 Å². The van der Waals surface area contributed by atoms with E-state index in [1.54, 1.807) is 13.0 Å². The monoisotopic (exact) mass is 350 g/mol.